The first-order valence-electron chi connectivity index (χ1n) is 11.8. The third-order valence-electron chi connectivity index (χ3n) is 7.67. The number of benzene rings is 1. The smallest absolute Gasteiger partial charge is 0.311 e. The van der Waals surface area contributed by atoms with Gasteiger partial charge in [-0.2, -0.15) is 5.26 Å². The van der Waals surface area contributed by atoms with Gasteiger partial charge in [0.25, 0.3) is 5.91 Å². The van der Waals surface area contributed by atoms with Crippen LogP contribution < -0.4 is 14.8 Å². The second kappa shape index (κ2) is 9.92. The Hall–Kier alpha value is -3.28. The molecular weight excluding hydrogens is 440 g/mol. The number of carboxylic acid groups (broad SMARTS) is 1. The highest BCUT2D eigenvalue weighted by atomic mass is 16.5. The SMILES string of the molecule is COC(=O)C1C(NC(=O)c2cc(OC3CCC(C(=O)O)CC3)c(C#N)cc2OC)C2CC[C@H]1C2. The number of ether oxygens (including phenoxy) is 3. The fraction of sp³-hybridized carbons (Fsp3) is 0.600. The number of methoxy groups -OCH3 is 2. The minimum absolute atomic E-state index is 0.213. The first-order valence-corrected chi connectivity index (χ1v) is 11.8. The van der Waals surface area contributed by atoms with E-state index >= 15 is 0 Å². The maximum atomic E-state index is 13.3. The number of carbonyl (C=O) groups excluding carboxylic acids is 2. The molecule has 3 aliphatic carbocycles. The van der Waals surface area contributed by atoms with Crippen molar-refractivity contribution in [2.45, 2.75) is 57.1 Å². The molecule has 2 bridgehead atoms. The van der Waals surface area contributed by atoms with E-state index in [0.29, 0.717) is 25.7 Å². The van der Waals surface area contributed by atoms with Crippen molar-refractivity contribution in [3.8, 4) is 17.6 Å². The lowest BCUT2D eigenvalue weighted by atomic mass is 9.84. The summed E-state index contributed by atoms with van der Waals surface area (Å²) in [5.41, 5.74) is 0.461. The number of carbonyl (C=O) groups is 3. The van der Waals surface area contributed by atoms with Crippen LogP contribution in [0.15, 0.2) is 12.1 Å². The molecule has 0 radical (unpaired) electrons. The monoisotopic (exact) mass is 470 g/mol. The van der Waals surface area contributed by atoms with Crippen molar-refractivity contribution < 1.29 is 33.7 Å². The Morgan fingerprint density at radius 2 is 1.74 bits per heavy atom. The van der Waals surface area contributed by atoms with Crippen LogP contribution in [0.25, 0.3) is 0 Å². The maximum Gasteiger partial charge on any atom is 0.311 e. The van der Waals surface area contributed by atoms with E-state index in [4.69, 9.17) is 14.2 Å². The largest absolute Gasteiger partial charge is 0.496 e. The molecule has 0 aromatic heterocycles. The quantitative estimate of drug-likeness (QED) is 0.581. The molecule has 1 amide bonds. The molecule has 3 unspecified atom stereocenters. The second-order valence-electron chi connectivity index (χ2n) is 9.47. The Kier molecular flexibility index (Phi) is 6.96. The summed E-state index contributed by atoms with van der Waals surface area (Å²) in [5.74, 6) is -1.29. The third kappa shape index (κ3) is 4.54. The number of nitriles is 1. The van der Waals surface area contributed by atoms with Gasteiger partial charge in [0.1, 0.15) is 17.6 Å². The van der Waals surface area contributed by atoms with Crippen LogP contribution in [0.4, 0.5) is 0 Å². The van der Waals surface area contributed by atoms with Crippen molar-refractivity contribution in [1.82, 2.24) is 5.32 Å². The lowest BCUT2D eigenvalue weighted by Crippen LogP contribution is -2.47. The van der Waals surface area contributed by atoms with Gasteiger partial charge in [-0.05, 0) is 62.8 Å². The Morgan fingerprint density at radius 1 is 1.03 bits per heavy atom. The number of amides is 1. The number of aliphatic carboxylic acids is 1. The normalized spacial score (nSPS) is 29.7. The Labute approximate surface area is 198 Å². The standard InChI is InChI=1S/C25H30N2O7/c1-32-20-10-16(12-26)19(34-17-7-5-13(6-8-17)24(29)30)11-18(20)23(28)27-22-15-4-3-14(9-15)21(22)25(31)33-2/h10-11,13-15,17,21-22H,3-9H2,1-2H3,(H,27,28)(H,29,30)/t13?,14-,15?,17?,21?,22?/m0/s1. The molecule has 3 aliphatic rings. The molecule has 1 aromatic carbocycles. The molecule has 0 saturated heterocycles. The molecular formula is C25H30N2O7. The third-order valence-corrected chi connectivity index (χ3v) is 7.67. The van der Waals surface area contributed by atoms with E-state index in [1.54, 1.807) is 0 Å². The van der Waals surface area contributed by atoms with Crippen molar-refractivity contribution in [2.24, 2.45) is 23.7 Å². The van der Waals surface area contributed by atoms with Crippen molar-refractivity contribution in [3.63, 3.8) is 0 Å². The van der Waals surface area contributed by atoms with Crippen LogP contribution >= 0.6 is 0 Å². The van der Waals surface area contributed by atoms with Crippen molar-refractivity contribution >= 4 is 17.8 Å². The number of hydrogen-bond donors (Lipinski definition) is 2. The first-order chi connectivity index (χ1) is 16.4. The molecule has 4 atom stereocenters. The molecule has 0 aliphatic heterocycles. The number of esters is 1. The Bertz CT molecular complexity index is 1010. The van der Waals surface area contributed by atoms with Gasteiger partial charge in [0.05, 0.1) is 43.3 Å². The fourth-order valence-corrected chi connectivity index (χ4v) is 5.90. The van der Waals surface area contributed by atoms with Gasteiger partial charge < -0.3 is 24.6 Å². The van der Waals surface area contributed by atoms with Gasteiger partial charge >= 0.3 is 11.9 Å². The van der Waals surface area contributed by atoms with Crippen LogP contribution in [0.3, 0.4) is 0 Å². The van der Waals surface area contributed by atoms with Crippen molar-refractivity contribution in [2.75, 3.05) is 14.2 Å². The number of nitrogens with one attached hydrogen (secondary N) is 1. The zero-order chi connectivity index (χ0) is 24.4. The second-order valence-corrected chi connectivity index (χ2v) is 9.47. The van der Waals surface area contributed by atoms with Gasteiger partial charge in [-0.15, -0.1) is 0 Å². The van der Waals surface area contributed by atoms with E-state index in [1.165, 1.54) is 26.4 Å². The summed E-state index contributed by atoms with van der Waals surface area (Å²) in [4.78, 5) is 36.9. The molecule has 3 fully saturated rings. The van der Waals surface area contributed by atoms with E-state index in [0.717, 1.165) is 19.3 Å². The highest BCUT2D eigenvalue weighted by Gasteiger charge is 2.52. The van der Waals surface area contributed by atoms with E-state index < -0.39 is 11.9 Å². The van der Waals surface area contributed by atoms with Crippen LogP contribution in [0.1, 0.15) is 60.9 Å². The predicted molar refractivity (Wildman–Crippen MR) is 119 cm³/mol. The Morgan fingerprint density at radius 3 is 2.35 bits per heavy atom. The number of nitrogens with zero attached hydrogens (tertiary/aromatic N) is 1. The molecule has 9 heteroatoms. The van der Waals surface area contributed by atoms with Crippen LogP contribution in [-0.4, -0.2) is 49.3 Å². The van der Waals surface area contributed by atoms with Gasteiger partial charge in [-0.3, -0.25) is 14.4 Å². The van der Waals surface area contributed by atoms with E-state index in [-0.39, 0.29) is 64.4 Å². The highest BCUT2D eigenvalue weighted by molar-refractivity contribution is 5.98. The van der Waals surface area contributed by atoms with Gasteiger partial charge in [-0.25, -0.2) is 0 Å². The average Bonchev–Trinajstić information content (AvgIpc) is 3.45. The number of rotatable bonds is 7. The first kappa shape index (κ1) is 23.9. The van der Waals surface area contributed by atoms with Crippen LogP contribution in [-0.2, 0) is 14.3 Å². The Balaban J connectivity index is 1.54. The van der Waals surface area contributed by atoms with Crippen molar-refractivity contribution in [1.29, 1.82) is 5.26 Å². The van der Waals surface area contributed by atoms with E-state index in [2.05, 4.69) is 11.4 Å². The fourth-order valence-electron chi connectivity index (χ4n) is 5.90. The highest BCUT2D eigenvalue weighted by Crippen LogP contribution is 2.49. The summed E-state index contributed by atoms with van der Waals surface area (Å²) in [6.07, 6.45) is 4.70. The van der Waals surface area contributed by atoms with Gasteiger partial charge in [0.2, 0.25) is 0 Å². The summed E-state index contributed by atoms with van der Waals surface area (Å²) in [7, 11) is 2.79. The summed E-state index contributed by atoms with van der Waals surface area (Å²) < 4.78 is 16.5. The molecule has 0 heterocycles. The van der Waals surface area contributed by atoms with E-state index in [1.807, 2.05) is 0 Å². The number of hydrogen-bond acceptors (Lipinski definition) is 7. The van der Waals surface area contributed by atoms with Crippen LogP contribution in [0, 0.1) is 35.0 Å². The zero-order valence-corrected chi connectivity index (χ0v) is 19.4. The lowest BCUT2D eigenvalue weighted by Gasteiger charge is -2.30. The predicted octanol–water partition coefficient (Wildman–Crippen LogP) is 2.91. The maximum absolute atomic E-state index is 13.3. The van der Waals surface area contributed by atoms with Gasteiger partial charge in [-0.1, -0.05) is 0 Å². The molecule has 9 nitrogen and oxygen atoms in total. The molecule has 1 aromatic rings. The molecule has 4 rings (SSSR count). The number of fused-ring (bicyclic) bond motifs is 2. The van der Waals surface area contributed by atoms with E-state index in [9.17, 15) is 24.8 Å². The summed E-state index contributed by atoms with van der Waals surface area (Å²) in [6.45, 7) is 0. The zero-order valence-electron chi connectivity index (χ0n) is 19.4. The minimum Gasteiger partial charge on any atom is -0.496 e. The van der Waals surface area contributed by atoms with Crippen LogP contribution in [0.2, 0.25) is 0 Å². The summed E-state index contributed by atoms with van der Waals surface area (Å²) in [5, 5.41) is 21.9. The topological polar surface area (TPSA) is 135 Å². The molecule has 182 valence electrons. The molecule has 3 saturated carbocycles. The molecule has 2 N–H and O–H groups in total. The number of carboxylic acids is 1. The minimum atomic E-state index is -0.801. The van der Waals surface area contributed by atoms with Crippen molar-refractivity contribution in [3.05, 3.63) is 23.3 Å². The van der Waals surface area contributed by atoms with Crippen LogP contribution in [0.5, 0.6) is 11.5 Å². The molecule has 34 heavy (non-hydrogen) atoms. The summed E-state index contributed by atoms with van der Waals surface area (Å²) >= 11 is 0. The summed E-state index contributed by atoms with van der Waals surface area (Å²) in [6, 6.07) is 4.76. The lowest BCUT2D eigenvalue weighted by molar-refractivity contribution is -0.148. The van der Waals surface area contributed by atoms with Gasteiger partial charge in [0, 0.05) is 12.1 Å². The molecule has 0 spiro atoms. The average molecular weight is 471 g/mol. The van der Waals surface area contributed by atoms with Gasteiger partial charge in [0.15, 0.2) is 0 Å².